The summed E-state index contributed by atoms with van der Waals surface area (Å²) < 4.78 is 7.17. The number of ether oxygens (including phenoxy) is 1. The zero-order valence-electron chi connectivity index (χ0n) is 17.0. The van der Waals surface area contributed by atoms with Crippen LogP contribution in [0.2, 0.25) is 0 Å². The van der Waals surface area contributed by atoms with E-state index in [9.17, 15) is 10.1 Å². The predicted octanol–water partition coefficient (Wildman–Crippen LogP) is 2.50. The van der Waals surface area contributed by atoms with Gasteiger partial charge >= 0.3 is 0 Å². The Hall–Kier alpha value is -3.57. The smallest absolute Gasteiger partial charge is 0.267 e. The first-order chi connectivity index (χ1) is 15.2. The van der Waals surface area contributed by atoms with Gasteiger partial charge in [-0.05, 0) is 55.5 Å². The quantitative estimate of drug-likeness (QED) is 0.699. The number of pyridine rings is 2. The van der Waals surface area contributed by atoms with Gasteiger partial charge in [0, 0.05) is 29.7 Å². The second kappa shape index (κ2) is 8.28. The highest BCUT2D eigenvalue weighted by molar-refractivity contribution is 5.57. The topological polar surface area (TPSA) is 106 Å². The average Bonchev–Trinajstić information content (AvgIpc) is 3.27. The highest BCUT2D eigenvalue weighted by Gasteiger charge is 2.32. The molecule has 2 aliphatic rings. The fraction of sp³-hybridized carbons (Fsp3) is 0.348. The maximum absolute atomic E-state index is 12.6. The molecule has 0 amide bonds. The Bertz CT molecular complexity index is 1200. The fourth-order valence-electron chi connectivity index (χ4n) is 4.26. The highest BCUT2D eigenvalue weighted by Crippen LogP contribution is 2.27. The van der Waals surface area contributed by atoms with Crippen molar-refractivity contribution in [2.75, 3.05) is 18.5 Å². The molecule has 2 atom stereocenters. The van der Waals surface area contributed by atoms with Crippen LogP contribution in [0.3, 0.4) is 0 Å². The van der Waals surface area contributed by atoms with Crippen molar-refractivity contribution in [3.63, 3.8) is 0 Å². The molecule has 1 fully saturated rings. The molecule has 0 saturated carbocycles. The van der Waals surface area contributed by atoms with Crippen molar-refractivity contribution in [2.45, 2.75) is 37.8 Å². The van der Waals surface area contributed by atoms with Crippen LogP contribution in [0, 0.1) is 11.3 Å². The van der Waals surface area contributed by atoms with E-state index in [1.807, 2.05) is 18.2 Å². The number of nitrogens with one attached hydrogen (secondary N) is 1. The Morgan fingerprint density at radius 1 is 1.19 bits per heavy atom. The summed E-state index contributed by atoms with van der Waals surface area (Å²) in [5.41, 5.74) is 4.04. The molecule has 2 unspecified atom stereocenters. The number of anilines is 1. The van der Waals surface area contributed by atoms with E-state index < -0.39 is 0 Å². The standard InChI is InChI=1S/C23H22N6O2/c24-11-17-10-15-4-1-2-6-18(15)26-23(17)27-20-13-31-14-21(20)29-22(30)8-7-19(28-29)16-5-3-9-25-12-16/h3,5,7-10,12,20-21H,1-2,4,6,13-14H2,(H,26,27). The molecule has 3 aromatic heterocycles. The van der Waals surface area contributed by atoms with Crippen LogP contribution in [-0.2, 0) is 17.6 Å². The summed E-state index contributed by atoms with van der Waals surface area (Å²) in [7, 11) is 0. The number of nitrogens with zero attached hydrogens (tertiary/aromatic N) is 5. The van der Waals surface area contributed by atoms with E-state index in [1.165, 1.54) is 10.7 Å². The number of aryl methyl sites for hydroxylation is 2. The molecule has 156 valence electrons. The van der Waals surface area contributed by atoms with Gasteiger partial charge in [-0.1, -0.05) is 0 Å². The van der Waals surface area contributed by atoms with Crippen LogP contribution in [0.5, 0.6) is 0 Å². The Kier molecular flexibility index (Phi) is 5.18. The normalized spacial score (nSPS) is 20.1. The van der Waals surface area contributed by atoms with Crippen molar-refractivity contribution in [1.82, 2.24) is 19.7 Å². The maximum Gasteiger partial charge on any atom is 0.267 e. The number of aromatic nitrogens is 4. The number of hydrogen-bond acceptors (Lipinski definition) is 7. The van der Waals surface area contributed by atoms with Gasteiger partial charge in [0.25, 0.3) is 5.56 Å². The summed E-state index contributed by atoms with van der Waals surface area (Å²) in [5.74, 6) is 0.556. The third kappa shape index (κ3) is 3.80. The van der Waals surface area contributed by atoms with Crippen molar-refractivity contribution in [3.05, 3.63) is 69.9 Å². The molecule has 1 aliphatic carbocycles. The van der Waals surface area contributed by atoms with Gasteiger partial charge in [-0.3, -0.25) is 9.78 Å². The monoisotopic (exact) mass is 414 g/mol. The first-order valence-electron chi connectivity index (χ1n) is 10.5. The summed E-state index contributed by atoms with van der Waals surface area (Å²) >= 11 is 0. The van der Waals surface area contributed by atoms with E-state index in [0.717, 1.165) is 42.5 Å². The van der Waals surface area contributed by atoms with Crippen LogP contribution < -0.4 is 10.9 Å². The minimum absolute atomic E-state index is 0.200. The van der Waals surface area contributed by atoms with Gasteiger partial charge in [-0.25, -0.2) is 9.67 Å². The van der Waals surface area contributed by atoms with Gasteiger partial charge in [0.15, 0.2) is 0 Å². The van der Waals surface area contributed by atoms with Crippen molar-refractivity contribution in [1.29, 1.82) is 5.26 Å². The molecule has 5 rings (SSSR count). The van der Waals surface area contributed by atoms with Crippen LogP contribution in [0.15, 0.2) is 47.5 Å². The largest absolute Gasteiger partial charge is 0.377 e. The summed E-state index contributed by atoms with van der Waals surface area (Å²) in [6, 6.07) is 10.6. The third-order valence-corrected chi connectivity index (χ3v) is 5.89. The summed E-state index contributed by atoms with van der Waals surface area (Å²) in [4.78, 5) is 21.5. The summed E-state index contributed by atoms with van der Waals surface area (Å²) in [5, 5.41) is 17.6. The van der Waals surface area contributed by atoms with E-state index in [1.54, 1.807) is 18.5 Å². The van der Waals surface area contributed by atoms with Crippen molar-refractivity contribution >= 4 is 5.82 Å². The first-order valence-corrected chi connectivity index (χ1v) is 10.5. The molecule has 0 spiro atoms. The van der Waals surface area contributed by atoms with Crippen LogP contribution in [0.4, 0.5) is 5.82 Å². The van der Waals surface area contributed by atoms with E-state index in [0.29, 0.717) is 30.3 Å². The van der Waals surface area contributed by atoms with Crippen LogP contribution in [0.1, 0.15) is 35.7 Å². The molecule has 1 N–H and O–H groups in total. The van der Waals surface area contributed by atoms with Gasteiger partial charge in [0.2, 0.25) is 0 Å². The van der Waals surface area contributed by atoms with E-state index in [-0.39, 0.29) is 17.6 Å². The predicted molar refractivity (Wildman–Crippen MR) is 115 cm³/mol. The fourth-order valence-corrected chi connectivity index (χ4v) is 4.26. The van der Waals surface area contributed by atoms with Crippen molar-refractivity contribution in [3.8, 4) is 17.3 Å². The van der Waals surface area contributed by atoms with Crippen LogP contribution in [0.25, 0.3) is 11.3 Å². The minimum atomic E-state index is -0.312. The summed E-state index contributed by atoms with van der Waals surface area (Å²) in [6.45, 7) is 0.757. The van der Waals surface area contributed by atoms with Gasteiger partial charge < -0.3 is 10.1 Å². The van der Waals surface area contributed by atoms with Crippen molar-refractivity contribution in [2.24, 2.45) is 0 Å². The second-order valence-corrected chi connectivity index (χ2v) is 7.91. The maximum atomic E-state index is 12.6. The Morgan fingerprint density at radius 3 is 2.94 bits per heavy atom. The molecule has 0 aromatic carbocycles. The molecule has 31 heavy (non-hydrogen) atoms. The highest BCUT2D eigenvalue weighted by atomic mass is 16.5. The molecule has 4 heterocycles. The molecule has 8 nitrogen and oxygen atoms in total. The lowest BCUT2D eigenvalue weighted by atomic mass is 9.95. The second-order valence-electron chi connectivity index (χ2n) is 7.91. The zero-order valence-corrected chi connectivity index (χ0v) is 17.0. The molecular weight excluding hydrogens is 392 g/mol. The van der Waals surface area contributed by atoms with E-state index in [2.05, 4.69) is 21.5 Å². The zero-order chi connectivity index (χ0) is 21.2. The number of nitriles is 1. The number of rotatable bonds is 4. The Labute approximate surface area is 179 Å². The molecule has 1 saturated heterocycles. The lowest BCUT2D eigenvalue weighted by Gasteiger charge is -2.23. The van der Waals surface area contributed by atoms with Gasteiger partial charge in [0.05, 0.1) is 30.5 Å². The molecule has 1 aliphatic heterocycles. The Morgan fingerprint density at radius 2 is 2.10 bits per heavy atom. The van der Waals surface area contributed by atoms with Crippen molar-refractivity contribution < 1.29 is 4.74 Å². The van der Waals surface area contributed by atoms with E-state index in [4.69, 9.17) is 9.72 Å². The molecule has 3 aromatic rings. The lowest BCUT2D eigenvalue weighted by molar-refractivity contribution is 0.183. The molecule has 0 bridgehead atoms. The summed E-state index contributed by atoms with van der Waals surface area (Å²) in [6.07, 6.45) is 7.55. The van der Waals surface area contributed by atoms with E-state index >= 15 is 0 Å². The number of fused-ring (bicyclic) bond motifs is 1. The third-order valence-electron chi connectivity index (χ3n) is 5.89. The minimum Gasteiger partial charge on any atom is -0.377 e. The van der Waals surface area contributed by atoms with Crippen LogP contribution in [-0.4, -0.2) is 39.0 Å². The molecule has 8 heteroatoms. The van der Waals surface area contributed by atoms with Crippen LogP contribution >= 0.6 is 0 Å². The molecule has 0 radical (unpaired) electrons. The lowest BCUT2D eigenvalue weighted by Crippen LogP contribution is -2.37. The average molecular weight is 414 g/mol. The SMILES string of the molecule is N#Cc1cc2c(nc1NC1COCC1n1nc(-c3cccnc3)ccc1=O)CCCC2. The molecular formula is C23H22N6O2. The van der Waals surface area contributed by atoms with Gasteiger partial charge in [-0.15, -0.1) is 0 Å². The van der Waals surface area contributed by atoms with Gasteiger partial charge in [0.1, 0.15) is 17.9 Å². The number of hydrogen-bond donors (Lipinski definition) is 1. The van der Waals surface area contributed by atoms with Gasteiger partial charge in [-0.2, -0.15) is 10.4 Å². The first kappa shape index (κ1) is 19.4. The Balaban J connectivity index is 1.46.